The molecule has 0 aliphatic heterocycles. The first-order valence-electron chi connectivity index (χ1n) is 24.1. The van der Waals surface area contributed by atoms with E-state index in [0.29, 0.717) is 0 Å². The predicted molar refractivity (Wildman–Crippen MR) is 298 cm³/mol. The quantitative estimate of drug-likeness (QED) is 0.140. The zero-order chi connectivity index (χ0) is 46.4. The summed E-state index contributed by atoms with van der Waals surface area (Å²) in [5.74, 6) is 0. The van der Waals surface area contributed by atoms with E-state index in [2.05, 4.69) is 289 Å². The molecule has 2 nitrogen and oxygen atoms in total. The third-order valence-corrected chi connectivity index (χ3v) is 14.0. The van der Waals surface area contributed by atoms with Gasteiger partial charge in [0.05, 0.1) is 22.4 Å². The number of fused-ring (bicyclic) bond motifs is 5. The van der Waals surface area contributed by atoms with E-state index in [0.717, 1.165) is 39.4 Å². The Labute approximate surface area is 408 Å². The molecule has 0 fully saturated rings. The smallest absolute Gasteiger partial charge is 0.0619 e. The van der Waals surface area contributed by atoms with E-state index < -0.39 is 0 Å². The van der Waals surface area contributed by atoms with E-state index in [1.165, 1.54) is 82.3 Å². The summed E-state index contributed by atoms with van der Waals surface area (Å²) in [5, 5.41) is 7.35. The summed E-state index contributed by atoms with van der Waals surface area (Å²) in [7, 11) is 0. The number of anilines is 3. The van der Waals surface area contributed by atoms with Crippen LogP contribution in [0.15, 0.2) is 279 Å². The SMILES string of the molecule is c1ccc(-c2cccc3cccc(-c4ccccc4N(c4ccc(-c5cccc6c7ccccc7n(-c7ccccc7)c56)cc4)c4ccccc4-c4cccc5cccc(-c6ccccc6)c45)c23)cc1. The molecule has 0 aliphatic rings. The van der Waals surface area contributed by atoms with Gasteiger partial charge in [-0.15, -0.1) is 0 Å². The fourth-order valence-electron chi connectivity index (χ4n) is 10.9. The topological polar surface area (TPSA) is 8.17 Å². The number of nitrogens with zero attached hydrogens (tertiary/aromatic N) is 2. The minimum Gasteiger partial charge on any atom is -0.309 e. The van der Waals surface area contributed by atoms with E-state index in [1.54, 1.807) is 0 Å². The van der Waals surface area contributed by atoms with Gasteiger partial charge in [0, 0.05) is 38.8 Å². The van der Waals surface area contributed by atoms with E-state index in [4.69, 9.17) is 0 Å². The first-order chi connectivity index (χ1) is 34.8. The maximum absolute atomic E-state index is 2.49. The monoisotopic (exact) mass is 890 g/mol. The van der Waals surface area contributed by atoms with Crippen molar-refractivity contribution >= 4 is 60.4 Å². The van der Waals surface area contributed by atoms with Gasteiger partial charge in [0.25, 0.3) is 0 Å². The van der Waals surface area contributed by atoms with Gasteiger partial charge in [-0.1, -0.05) is 237 Å². The second kappa shape index (κ2) is 17.4. The van der Waals surface area contributed by atoms with Crippen molar-refractivity contribution in [3.8, 4) is 61.3 Å². The van der Waals surface area contributed by atoms with E-state index >= 15 is 0 Å². The van der Waals surface area contributed by atoms with Crippen LogP contribution in [0.2, 0.25) is 0 Å². The standard InChI is InChI=1S/C68H46N2/c1-4-21-47(22-5-1)54-34-16-25-50-27-18-37-60(66(50)54)57-31-10-13-40-63(57)69(64-41-14-11-32-58(64)61-38-19-28-51-26-17-35-55(67(51)61)48-23-6-2-7-24-48)53-45-43-49(44-46-53)56-36-20-39-62-59-33-12-15-42-65(59)70(68(56)62)52-29-8-3-9-30-52/h1-46H. The Balaban J connectivity index is 1.05. The first kappa shape index (κ1) is 41.0. The molecule has 0 N–H and O–H groups in total. The van der Waals surface area contributed by atoms with E-state index in [-0.39, 0.29) is 0 Å². The molecule has 0 saturated carbocycles. The lowest BCUT2D eigenvalue weighted by Crippen LogP contribution is -2.12. The van der Waals surface area contributed by atoms with Crippen LogP contribution in [0, 0.1) is 0 Å². The Morgan fingerprint density at radius 1 is 0.257 bits per heavy atom. The molecule has 0 atom stereocenters. The summed E-state index contributed by atoms with van der Waals surface area (Å²) in [5.41, 5.74) is 18.6. The molecule has 0 amide bonds. The van der Waals surface area contributed by atoms with Crippen molar-refractivity contribution in [2.75, 3.05) is 4.90 Å². The predicted octanol–water partition coefficient (Wildman–Crippen LogP) is 18.9. The molecule has 1 aromatic heterocycles. The van der Waals surface area contributed by atoms with Gasteiger partial charge in [0.15, 0.2) is 0 Å². The number of aromatic nitrogens is 1. The van der Waals surface area contributed by atoms with Crippen molar-refractivity contribution in [1.82, 2.24) is 4.57 Å². The molecule has 12 aromatic carbocycles. The van der Waals surface area contributed by atoms with Crippen molar-refractivity contribution in [2.45, 2.75) is 0 Å². The molecule has 0 unspecified atom stereocenters. The highest BCUT2D eigenvalue weighted by Gasteiger charge is 2.24. The summed E-state index contributed by atoms with van der Waals surface area (Å²) in [4.78, 5) is 2.49. The maximum Gasteiger partial charge on any atom is 0.0619 e. The molecule has 13 aromatic rings. The van der Waals surface area contributed by atoms with Gasteiger partial charge in [-0.25, -0.2) is 0 Å². The molecule has 13 rings (SSSR count). The van der Waals surface area contributed by atoms with Gasteiger partial charge in [0.2, 0.25) is 0 Å². The molecule has 0 spiro atoms. The normalized spacial score (nSPS) is 11.4. The van der Waals surface area contributed by atoms with Crippen LogP contribution in [0.25, 0.3) is 105 Å². The van der Waals surface area contributed by atoms with Crippen LogP contribution >= 0.6 is 0 Å². The van der Waals surface area contributed by atoms with Crippen molar-refractivity contribution in [1.29, 1.82) is 0 Å². The van der Waals surface area contributed by atoms with Crippen LogP contribution in [-0.2, 0) is 0 Å². The fraction of sp³-hybridized carbons (Fsp3) is 0. The van der Waals surface area contributed by atoms with Gasteiger partial charge in [-0.2, -0.15) is 0 Å². The number of benzene rings is 12. The molecular formula is C68H46N2. The van der Waals surface area contributed by atoms with Gasteiger partial charge >= 0.3 is 0 Å². The molecule has 0 radical (unpaired) electrons. The van der Waals surface area contributed by atoms with Crippen LogP contribution < -0.4 is 4.90 Å². The summed E-state index contributed by atoms with van der Waals surface area (Å²) in [6.45, 7) is 0. The highest BCUT2D eigenvalue weighted by Crippen LogP contribution is 2.49. The molecule has 1 heterocycles. The minimum absolute atomic E-state index is 1.06. The first-order valence-corrected chi connectivity index (χ1v) is 24.1. The Morgan fingerprint density at radius 2 is 0.657 bits per heavy atom. The molecule has 70 heavy (non-hydrogen) atoms. The highest BCUT2D eigenvalue weighted by molar-refractivity contribution is 6.15. The molecule has 328 valence electrons. The maximum atomic E-state index is 2.49. The summed E-state index contributed by atoms with van der Waals surface area (Å²) in [6.07, 6.45) is 0. The molecule has 2 heteroatoms. The van der Waals surface area contributed by atoms with Crippen LogP contribution in [0.3, 0.4) is 0 Å². The zero-order valence-corrected chi connectivity index (χ0v) is 38.5. The van der Waals surface area contributed by atoms with Gasteiger partial charge in [-0.05, 0) is 103 Å². The van der Waals surface area contributed by atoms with Crippen LogP contribution in [0.1, 0.15) is 0 Å². The van der Waals surface area contributed by atoms with Crippen molar-refractivity contribution < 1.29 is 0 Å². The third kappa shape index (κ3) is 6.97. The number of hydrogen-bond donors (Lipinski definition) is 0. The van der Waals surface area contributed by atoms with Crippen LogP contribution in [-0.4, -0.2) is 4.57 Å². The lowest BCUT2D eigenvalue weighted by atomic mass is 9.89. The highest BCUT2D eigenvalue weighted by atomic mass is 15.1. The average Bonchev–Trinajstić information content (AvgIpc) is 3.78. The third-order valence-electron chi connectivity index (χ3n) is 14.0. The van der Waals surface area contributed by atoms with E-state index in [1.807, 2.05) is 0 Å². The van der Waals surface area contributed by atoms with Crippen LogP contribution in [0.5, 0.6) is 0 Å². The molecular weight excluding hydrogens is 845 g/mol. The lowest BCUT2D eigenvalue weighted by Gasteiger charge is -2.30. The van der Waals surface area contributed by atoms with Gasteiger partial charge in [-0.3, -0.25) is 0 Å². The largest absolute Gasteiger partial charge is 0.309 e. The second-order valence-electron chi connectivity index (χ2n) is 18.0. The second-order valence-corrected chi connectivity index (χ2v) is 18.0. The zero-order valence-electron chi connectivity index (χ0n) is 38.5. The summed E-state index contributed by atoms with van der Waals surface area (Å²) < 4.78 is 2.43. The number of hydrogen-bond acceptors (Lipinski definition) is 1. The van der Waals surface area contributed by atoms with Crippen LogP contribution in [0.4, 0.5) is 17.1 Å². The fourth-order valence-corrected chi connectivity index (χ4v) is 10.9. The average molecular weight is 891 g/mol. The number of para-hydroxylation sites is 5. The molecule has 0 bridgehead atoms. The molecule has 0 saturated heterocycles. The Hall–Kier alpha value is -9.24. The van der Waals surface area contributed by atoms with Gasteiger partial charge < -0.3 is 9.47 Å². The van der Waals surface area contributed by atoms with Crippen molar-refractivity contribution in [3.05, 3.63) is 279 Å². The van der Waals surface area contributed by atoms with Crippen molar-refractivity contribution in [3.63, 3.8) is 0 Å². The van der Waals surface area contributed by atoms with E-state index in [9.17, 15) is 0 Å². The number of rotatable bonds is 9. The Morgan fingerprint density at radius 3 is 1.21 bits per heavy atom. The molecule has 0 aliphatic carbocycles. The van der Waals surface area contributed by atoms with Crippen molar-refractivity contribution in [2.24, 2.45) is 0 Å². The summed E-state index contributed by atoms with van der Waals surface area (Å²) >= 11 is 0. The lowest BCUT2D eigenvalue weighted by molar-refractivity contribution is 1.18. The Bertz CT molecular complexity index is 3860. The Kier molecular flexibility index (Phi) is 10.2. The van der Waals surface area contributed by atoms with Gasteiger partial charge in [0.1, 0.15) is 0 Å². The summed E-state index contributed by atoms with van der Waals surface area (Å²) in [6, 6.07) is 102. The minimum atomic E-state index is 1.06.